The van der Waals surface area contributed by atoms with Crippen LogP contribution in [0.2, 0.25) is 5.02 Å². The van der Waals surface area contributed by atoms with E-state index in [2.05, 4.69) is 10.1 Å². The van der Waals surface area contributed by atoms with Crippen molar-refractivity contribution in [3.8, 4) is 16.9 Å². The van der Waals surface area contributed by atoms with E-state index in [0.717, 1.165) is 11.3 Å². The molecule has 0 aliphatic rings. The summed E-state index contributed by atoms with van der Waals surface area (Å²) in [6.45, 7) is 2.07. The first-order valence-electron chi connectivity index (χ1n) is 7.12. The van der Waals surface area contributed by atoms with Crippen molar-refractivity contribution in [2.75, 3.05) is 6.61 Å². The van der Waals surface area contributed by atoms with Gasteiger partial charge in [-0.1, -0.05) is 17.7 Å². The highest BCUT2D eigenvalue weighted by molar-refractivity contribution is 6.30. The summed E-state index contributed by atoms with van der Waals surface area (Å²) in [6, 6.07) is 10.9. The fourth-order valence-electron chi connectivity index (χ4n) is 2.30. The number of carbonyl (C=O) groups excluding carboxylic acids is 1. The van der Waals surface area contributed by atoms with Crippen LogP contribution in [-0.4, -0.2) is 27.3 Å². The van der Waals surface area contributed by atoms with E-state index in [1.54, 1.807) is 36.1 Å². The minimum absolute atomic E-state index is 0.303. The lowest BCUT2D eigenvalue weighted by atomic mass is 10.1. The maximum Gasteiger partial charge on any atom is 0.342 e. The summed E-state index contributed by atoms with van der Waals surface area (Å²) in [5, 5.41) is 4.94. The number of hydrogen-bond acceptors (Lipinski definition) is 4. The molecule has 0 amide bonds. The summed E-state index contributed by atoms with van der Waals surface area (Å²) in [5.74, 6) is -0.410. The summed E-state index contributed by atoms with van der Waals surface area (Å²) in [6.07, 6.45) is 4.84. The molecule has 0 spiro atoms. The van der Waals surface area contributed by atoms with Crippen molar-refractivity contribution in [1.82, 2.24) is 14.8 Å². The monoisotopic (exact) mass is 327 g/mol. The molecule has 0 bridgehead atoms. The molecule has 0 aliphatic carbocycles. The normalized spacial score (nSPS) is 10.5. The molecular formula is C17H14ClN3O2. The molecule has 0 N–H and O–H groups in total. The van der Waals surface area contributed by atoms with Crippen molar-refractivity contribution in [2.24, 2.45) is 0 Å². The highest BCUT2D eigenvalue weighted by atomic mass is 35.5. The van der Waals surface area contributed by atoms with Crippen molar-refractivity contribution < 1.29 is 9.53 Å². The smallest absolute Gasteiger partial charge is 0.342 e. The van der Waals surface area contributed by atoms with Crippen LogP contribution in [0.15, 0.2) is 55.0 Å². The number of esters is 1. The quantitative estimate of drug-likeness (QED) is 0.684. The maximum atomic E-state index is 12.2. The average molecular weight is 328 g/mol. The summed E-state index contributed by atoms with van der Waals surface area (Å²) in [5.41, 5.74) is 2.63. The Labute approximate surface area is 138 Å². The van der Waals surface area contributed by atoms with Gasteiger partial charge in [0.05, 0.1) is 24.2 Å². The van der Waals surface area contributed by atoms with Crippen LogP contribution >= 0.6 is 11.6 Å². The molecule has 1 aromatic carbocycles. The fourth-order valence-corrected chi connectivity index (χ4v) is 2.48. The molecule has 3 rings (SSSR count). The zero-order valence-corrected chi connectivity index (χ0v) is 13.2. The minimum Gasteiger partial charge on any atom is -0.462 e. The number of benzene rings is 1. The SMILES string of the molecule is CCOC(=O)c1cnn(-c2cccc(Cl)c2)c1-c1ccncc1. The molecule has 0 atom stereocenters. The third-order valence-electron chi connectivity index (χ3n) is 3.27. The molecule has 0 aliphatic heterocycles. The Hall–Kier alpha value is -2.66. The Kier molecular flexibility index (Phi) is 4.39. The van der Waals surface area contributed by atoms with E-state index in [4.69, 9.17) is 16.3 Å². The van der Waals surface area contributed by atoms with Gasteiger partial charge in [-0.2, -0.15) is 5.10 Å². The lowest BCUT2D eigenvalue weighted by Crippen LogP contribution is -2.07. The molecule has 0 unspecified atom stereocenters. The van der Waals surface area contributed by atoms with E-state index in [1.165, 1.54) is 6.20 Å². The van der Waals surface area contributed by atoms with E-state index in [9.17, 15) is 4.79 Å². The average Bonchev–Trinajstić information content (AvgIpc) is 3.01. The second-order valence-corrected chi connectivity index (χ2v) is 5.19. The van der Waals surface area contributed by atoms with Crippen molar-refractivity contribution >= 4 is 17.6 Å². The number of pyridine rings is 1. The standard InChI is InChI=1S/C17H14ClN3O2/c1-2-23-17(22)15-11-20-21(14-5-3-4-13(18)10-14)16(15)12-6-8-19-9-7-12/h3-11H,2H2,1H3. The predicted octanol–water partition coefficient (Wildman–Crippen LogP) is 3.76. The highest BCUT2D eigenvalue weighted by Crippen LogP contribution is 2.27. The van der Waals surface area contributed by atoms with E-state index in [0.29, 0.717) is 22.9 Å². The van der Waals surface area contributed by atoms with Gasteiger partial charge in [-0.15, -0.1) is 0 Å². The molecule has 2 aromatic heterocycles. The molecule has 0 radical (unpaired) electrons. The van der Waals surface area contributed by atoms with Gasteiger partial charge in [0, 0.05) is 23.0 Å². The lowest BCUT2D eigenvalue weighted by Gasteiger charge is -2.10. The highest BCUT2D eigenvalue weighted by Gasteiger charge is 2.21. The number of hydrogen-bond donors (Lipinski definition) is 0. The van der Waals surface area contributed by atoms with Gasteiger partial charge in [0.25, 0.3) is 0 Å². The van der Waals surface area contributed by atoms with Crippen LogP contribution in [0.3, 0.4) is 0 Å². The molecule has 0 saturated carbocycles. The van der Waals surface area contributed by atoms with E-state index in [1.807, 2.05) is 24.3 Å². The van der Waals surface area contributed by atoms with Gasteiger partial charge in [0.2, 0.25) is 0 Å². The third-order valence-corrected chi connectivity index (χ3v) is 3.51. The molecule has 3 aromatic rings. The van der Waals surface area contributed by atoms with Gasteiger partial charge < -0.3 is 4.74 Å². The second-order valence-electron chi connectivity index (χ2n) is 4.75. The van der Waals surface area contributed by atoms with E-state index >= 15 is 0 Å². The Balaban J connectivity index is 2.19. The topological polar surface area (TPSA) is 57.0 Å². The van der Waals surface area contributed by atoms with Crippen molar-refractivity contribution in [1.29, 1.82) is 0 Å². The largest absolute Gasteiger partial charge is 0.462 e. The second kappa shape index (κ2) is 6.62. The Bertz CT molecular complexity index is 831. The van der Waals surface area contributed by atoms with Crippen LogP contribution in [0.5, 0.6) is 0 Å². The van der Waals surface area contributed by atoms with Gasteiger partial charge in [-0.25, -0.2) is 9.48 Å². The van der Waals surface area contributed by atoms with Crippen LogP contribution < -0.4 is 0 Å². The summed E-state index contributed by atoms with van der Waals surface area (Å²) < 4.78 is 6.80. The Morgan fingerprint density at radius 2 is 2.04 bits per heavy atom. The number of halogens is 1. The first-order chi connectivity index (χ1) is 11.2. The zero-order valence-electron chi connectivity index (χ0n) is 12.4. The van der Waals surface area contributed by atoms with E-state index < -0.39 is 5.97 Å². The number of ether oxygens (including phenoxy) is 1. The molecule has 6 heteroatoms. The van der Waals surface area contributed by atoms with E-state index in [-0.39, 0.29) is 0 Å². The predicted molar refractivity (Wildman–Crippen MR) is 87.8 cm³/mol. The zero-order chi connectivity index (χ0) is 16.2. The summed E-state index contributed by atoms with van der Waals surface area (Å²) in [4.78, 5) is 16.2. The number of carbonyl (C=O) groups is 1. The third kappa shape index (κ3) is 3.10. The van der Waals surface area contributed by atoms with Gasteiger partial charge in [-0.05, 0) is 37.3 Å². The van der Waals surface area contributed by atoms with Crippen LogP contribution in [-0.2, 0) is 4.74 Å². The summed E-state index contributed by atoms with van der Waals surface area (Å²) >= 11 is 6.07. The van der Waals surface area contributed by atoms with Crippen LogP contribution in [0.25, 0.3) is 16.9 Å². The molecule has 23 heavy (non-hydrogen) atoms. The number of rotatable bonds is 4. The molecule has 5 nitrogen and oxygen atoms in total. The van der Waals surface area contributed by atoms with Crippen molar-refractivity contribution in [3.05, 3.63) is 65.6 Å². The van der Waals surface area contributed by atoms with Gasteiger partial charge in [-0.3, -0.25) is 4.98 Å². The van der Waals surface area contributed by atoms with Crippen LogP contribution in [0.4, 0.5) is 0 Å². The van der Waals surface area contributed by atoms with Gasteiger partial charge >= 0.3 is 5.97 Å². The Morgan fingerprint density at radius 1 is 1.26 bits per heavy atom. The minimum atomic E-state index is -0.410. The Morgan fingerprint density at radius 3 is 2.74 bits per heavy atom. The summed E-state index contributed by atoms with van der Waals surface area (Å²) in [7, 11) is 0. The van der Waals surface area contributed by atoms with Crippen molar-refractivity contribution in [2.45, 2.75) is 6.92 Å². The van der Waals surface area contributed by atoms with Gasteiger partial charge in [0.15, 0.2) is 0 Å². The maximum absolute atomic E-state index is 12.2. The van der Waals surface area contributed by atoms with Crippen LogP contribution in [0, 0.1) is 0 Å². The lowest BCUT2D eigenvalue weighted by molar-refractivity contribution is 0.0527. The fraction of sp³-hybridized carbons (Fsp3) is 0.118. The number of aromatic nitrogens is 3. The van der Waals surface area contributed by atoms with Crippen molar-refractivity contribution in [3.63, 3.8) is 0 Å². The molecule has 0 saturated heterocycles. The molecular weight excluding hydrogens is 314 g/mol. The molecule has 2 heterocycles. The van der Waals surface area contributed by atoms with Gasteiger partial charge in [0.1, 0.15) is 5.56 Å². The molecule has 116 valence electrons. The van der Waals surface area contributed by atoms with Crippen LogP contribution in [0.1, 0.15) is 17.3 Å². The molecule has 0 fully saturated rings. The first kappa shape index (κ1) is 15.2. The first-order valence-corrected chi connectivity index (χ1v) is 7.50. The number of nitrogens with zero attached hydrogens (tertiary/aromatic N) is 3.